The van der Waals surface area contributed by atoms with Crippen molar-refractivity contribution in [2.75, 3.05) is 5.73 Å². The fraction of sp³-hybridized carbons (Fsp3) is 0.222. The van der Waals surface area contributed by atoms with Gasteiger partial charge in [-0.2, -0.15) is 5.10 Å². The summed E-state index contributed by atoms with van der Waals surface area (Å²) in [5.74, 6) is -0.228. The van der Waals surface area contributed by atoms with Crippen molar-refractivity contribution in [3.8, 4) is 0 Å². The number of anilines is 1. The number of nitrogens with two attached hydrogens (primary N) is 1. The largest absolute Gasteiger partial charge is 0.375 e. The number of amides is 1. The zero-order valence-electron chi connectivity index (χ0n) is 8.67. The number of rotatable bonds is 3. The van der Waals surface area contributed by atoms with Crippen LogP contribution in [0.25, 0.3) is 0 Å². The van der Waals surface area contributed by atoms with E-state index in [4.69, 9.17) is 5.73 Å². The smallest absolute Gasteiger partial charge is 0.271 e. The third-order valence-electron chi connectivity index (χ3n) is 2.11. The van der Waals surface area contributed by atoms with Gasteiger partial charge in [0.15, 0.2) is 5.13 Å². The highest BCUT2D eigenvalue weighted by molar-refractivity contribution is 7.13. The second kappa shape index (κ2) is 4.31. The van der Waals surface area contributed by atoms with Crippen molar-refractivity contribution in [2.45, 2.75) is 6.54 Å². The quantitative estimate of drug-likeness (QED) is 0.808. The summed E-state index contributed by atoms with van der Waals surface area (Å²) in [6.07, 6.45) is 1.68. The molecule has 0 spiro atoms. The number of nitrogens with zero attached hydrogens (tertiary/aromatic N) is 3. The molecule has 0 unspecified atom stereocenters. The van der Waals surface area contributed by atoms with Crippen LogP contribution in [-0.2, 0) is 13.6 Å². The highest BCUT2D eigenvalue weighted by Gasteiger charge is 2.09. The molecule has 0 aliphatic heterocycles. The lowest BCUT2D eigenvalue weighted by molar-refractivity contribution is 0.0946. The van der Waals surface area contributed by atoms with Crippen LogP contribution in [0.3, 0.4) is 0 Å². The van der Waals surface area contributed by atoms with Gasteiger partial charge in [-0.25, -0.2) is 4.98 Å². The lowest BCUT2D eigenvalue weighted by atomic mass is 10.4. The van der Waals surface area contributed by atoms with Gasteiger partial charge < -0.3 is 11.1 Å². The molecule has 0 atom stereocenters. The van der Waals surface area contributed by atoms with Crippen LogP contribution >= 0.6 is 11.3 Å². The van der Waals surface area contributed by atoms with E-state index in [1.807, 2.05) is 13.1 Å². The maximum atomic E-state index is 11.6. The lowest BCUT2D eigenvalue weighted by Crippen LogP contribution is -2.24. The van der Waals surface area contributed by atoms with E-state index in [-0.39, 0.29) is 5.91 Å². The van der Waals surface area contributed by atoms with Crippen LogP contribution in [0.1, 0.15) is 16.2 Å². The molecule has 16 heavy (non-hydrogen) atoms. The Morgan fingerprint density at radius 1 is 1.69 bits per heavy atom. The molecule has 1 amide bonds. The van der Waals surface area contributed by atoms with Crippen LogP contribution in [0.15, 0.2) is 17.6 Å². The first-order valence-electron chi connectivity index (χ1n) is 4.63. The summed E-state index contributed by atoms with van der Waals surface area (Å²) in [7, 11) is 1.82. The number of hydrogen-bond acceptors (Lipinski definition) is 5. The number of nitrogen functional groups attached to an aromatic ring is 1. The highest BCUT2D eigenvalue weighted by Crippen LogP contribution is 2.10. The van der Waals surface area contributed by atoms with Crippen LogP contribution in [0, 0.1) is 0 Å². The van der Waals surface area contributed by atoms with Gasteiger partial charge in [0.1, 0.15) is 5.69 Å². The molecule has 0 aromatic carbocycles. The van der Waals surface area contributed by atoms with E-state index in [9.17, 15) is 4.79 Å². The van der Waals surface area contributed by atoms with Crippen molar-refractivity contribution in [3.05, 3.63) is 29.0 Å². The Kier molecular flexibility index (Phi) is 2.86. The summed E-state index contributed by atoms with van der Waals surface area (Å²) in [6, 6.07) is 1.84. The van der Waals surface area contributed by atoms with E-state index in [1.165, 1.54) is 11.3 Å². The summed E-state index contributed by atoms with van der Waals surface area (Å²) in [6.45, 7) is 0.423. The average Bonchev–Trinajstić information content (AvgIpc) is 2.84. The number of carbonyl (C=O) groups is 1. The van der Waals surface area contributed by atoms with Gasteiger partial charge in [-0.1, -0.05) is 0 Å². The summed E-state index contributed by atoms with van der Waals surface area (Å²) in [5, 5.41) is 8.77. The van der Waals surface area contributed by atoms with Crippen molar-refractivity contribution in [1.82, 2.24) is 20.1 Å². The van der Waals surface area contributed by atoms with Gasteiger partial charge in [-0.05, 0) is 6.07 Å². The van der Waals surface area contributed by atoms with E-state index in [0.717, 1.165) is 5.69 Å². The Bertz CT molecular complexity index is 503. The Balaban J connectivity index is 1.96. The monoisotopic (exact) mass is 237 g/mol. The first kappa shape index (κ1) is 10.6. The van der Waals surface area contributed by atoms with Crippen LogP contribution in [0.2, 0.25) is 0 Å². The molecule has 2 aromatic heterocycles. The third-order valence-corrected chi connectivity index (χ3v) is 2.78. The zero-order valence-corrected chi connectivity index (χ0v) is 9.49. The van der Waals surface area contributed by atoms with E-state index in [2.05, 4.69) is 15.4 Å². The Labute approximate surface area is 96.1 Å². The number of aromatic nitrogens is 3. The molecule has 3 N–H and O–H groups in total. The molecule has 6 nitrogen and oxygen atoms in total. The molecule has 0 saturated carbocycles. The molecule has 7 heteroatoms. The van der Waals surface area contributed by atoms with Gasteiger partial charge in [0.25, 0.3) is 5.91 Å². The molecule has 2 rings (SSSR count). The first-order chi connectivity index (χ1) is 7.66. The maximum absolute atomic E-state index is 11.6. The standard InChI is InChI=1S/C9H11N5OS/c1-14-6(2-3-12-14)4-11-8(15)7-5-16-9(10)13-7/h2-3,5H,4H2,1H3,(H2,10,13)(H,11,15). The van der Waals surface area contributed by atoms with Gasteiger partial charge in [0.05, 0.1) is 12.2 Å². The average molecular weight is 237 g/mol. The van der Waals surface area contributed by atoms with Gasteiger partial charge in [0, 0.05) is 18.6 Å². The molecule has 2 aromatic rings. The molecular weight excluding hydrogens is 226 g/mol. The Morgan fingerprint density at radius 3 is 3.06 bits per heavy atom. The Hall–Kier alpha value is -1.89. The molecule has 0 radical (unpaired) electrons. The van der Waals surface area contributed by atoms with Gasteiger partial charge in [-0.15, -0.1) is 11.3 Å². The second-order valence-corrected chi connectivity index (χ2v) is 4.09. The fourth-order valence-corrected chi connectivity index (χ4v) is 1.77. The summed E-state index contributed by atoms with van der Waals surface area (Å²) >= 11 is 1.25. The molecule has 0 aliphatic carbocycles. The molecule has 0 bridgehead atoms. The number of nitrogens with one attached hydrogen (secondary N) is 1. The van der Waals surface area contributed by atoms with E-state index in [1.54, 1.807) is 16.3 Å². The topological polar surface area (TPSA) is 85.8 Å². The van der Waals surface area contributed by atoms with Crippen LogP contribution < -0.4 is 11.1 Å². The molecular formula is C9H11N5OS. The van der Waals surface area contributed by atoms with E-state index < -0.39 is 0 Å². The zero-order chi connectivity index (χ0) is 11.5. The van der Waals surface area contributed by atoms with Crippen LogP contribution in [0.5, 0.6) is 0 Å². The number of carbonyl (C=O) groups excluding carboxylic acids is 1. The van der Waals surface area contributed by atoms with Crippen molar-refractivity contribution in [1.29, 1.82) is 0 Å². The second-order valence-electron chi connectivity index (χ2n) is 3.20. The predicted molar refractivity (Wildman–Crippen MR) is 60.9 cm³/mol. The van der Waals surface area contributed by atoms with Crippen LogP contribution in [0.4, 0.5) is 5.13 Å². The molecule has 0 fully saturated rings. The van der Waals surface area contributed by atoms with E-state index in [0.29, 0.717) is 17.4 Å². The summed E-state index contributed by atoms with van der Waals surface area (Å²) < 4.78 is 1.70. The van der Waals surface area contributed by atoms with Gasteiger partial charge >= 0.3 is 0 Å². The summed E-state index contributed by atoms with van der Waals surface area (Å²) in [4.78, 5) is 15.5. The van der Waals surface area contributed by atoms with E-state index >= 15 is 0 Å². The lowest BCUT2D eigenvalue weighted by Gasteiger charge is -2.03. The number of hydrogen-bond donors (Lipinski definition) is 2. The van der Waals surface area contributed by atoms with Crippen molar-refractivity contribution in [2.24, 2.45) is 7.05 Å². The minimum absolute atomic E-state index is 0.228. The van der Waals surface area contributed by atoms with Crippen LogP contribution in [-0.4, -0.2) is 20.7 Å². The molecule has 2 heterocycles. The SMILES string of the molecule is Cn1nccc1CNC(=O)c1csc(N)n1. The molecule has 84 valence electrons. The number of aryl methyl sites for hydroxylation is 1. The number of thiazole rings is 1. The third kappa shape index (κ3) is 2.19. The van der Waals surface area contributed by atoms with Crippen molar-refractivity contribution < 1.29 is 4.79 Å². The highest BCUT2D eigenvalue weighted by atomic mass is 32.1. The van der Waals surface area contributed by atoms with Gasteiger partial charge in [0.2, 0.25) is 0 Å². The Morgan fingerprint density at radius 2 is 2.50 bits per heavy atom. The minimum atomic E-state index is -0.228. The maximum Gasteiger partial charge on any atom is 0.271 e. The van der Waals surface area contributed by atoms with Gasteiger partial charge in [-0.3, -0.25) is 9.48 Å². The minimum Gasteiger partial charge on any atom is -0.375 e. The fourth-order valence-electron chi connectivity index (χ4n) is 1.23. The predicted octanol–water partition coefficient (Wildman–Crippen LogP) is 0.389. The summed E-state index contributed by atoms with van der Waals surface area (Å²) in [5.41, 5.74) is 6.72. The normalized spacial score (nSPS) is 10.3. The van der Waals surface area contributed by atoms with Crippen molar-refractivity contribution in [3.63, 3.8) is 0 Å². The molecule has 0 saturated heterocycles. The molecule has 0 aliphatic rings. The van der Waals surface area contributed by atoms with Crippen molar-refractivity contribution >= 4 is 22.4 Å². The first-order valence-corrected chi connectivity index (χ1v) is 5.51.